The lowest BCUT2D eigenvalue weighted by molar-refractivity contribution is -0.136. The molecule has 0 atom stereocenters. The van der Waals surface area contributed by atoms with Crippen LogP contribution in [0.15, 0.2) is 18.3 Å². The van der Waals surface area contributed by atoms with Crippen LogP contribution in [0.1, 0.15) is 23.7 Å². The molecule has 106 valence electrons. The Labute approximate surface area is 109 Å². The van der Waals surface area contributed by atoms with Crippen LogP contribution in [-0.2, 0) is 0 Å². The maximum absolute atomic E-state index is 12.1. The number of nitrogens with one attached hydrogen (secondary N) is 1. The lowest BCUT2D eigenvalue weighted by Crippen LogP contribution is -2.30. The number of halogens is 3. The molecule has 0 aliphatic rings. The van der Waals surface area contributed by atoms with Crippen LogP contribution in [0, 0.1) is 0 Å². The van der Waals surface area contributed by atoms with Crippen molar-refractivity contribution in [3.8, 4) is 0 Å². The van der Waals surface area contributed by atoms with E-state index in [9.17, 15) is 18.0 Å². The molecule has 7 heteroatoms. The van der Waals surface area contributed by atoms with Gasteiger partial charge in [-0.1, -0.05) is 0 Å². The van der Waals surface area contributed by atoms with E-state index < -0.39 is 18.5 Å². The minimum atomic E-state index is -4.26. The molecule has 1 aromatic heterocycles. The highest BCUT2D eigenvalue weighted by Gasteiger charge is 2.28. The Bertz CT molecular complexity index is 417. The van der Waals surface area contributed by atoms with E-state index in [-0.39, 0.29) is 12.1 Å². The normalized spacial score (nSPS) is 11.2. The van der Waals surface area contributed by atoms with Crippen LogP contribution < -0.4 is 5.32 Å². The third-order valence-corrected chi connectivity index (χ3v) is 2.45. The number of pyridine rings is 1. The van der Waals surface area contributed by atoms with Gasteiger partial charge in [0.15, 0.2) is 0 Å². The summed E-state index contributed by atoms with van der Waals surface area (Å²) in [5, 5.41) is 2.96. The van der Waals surface area contributed by atoms with E-state index in [2.05, 4.69) is 10.3 Å². The summed E-state index contributed by atoms with van der Waals surface area (Å²) >= 11 is 0. The molecule has 0 fully saturated rings. The zero-order chi connectivity index (χ0) is 14.5. The van der Waals surface area contributed by atoms with Crippen molar-refractivity contribution in [2.75, 3.05) is 25.5 Å². The molecule has 0 aliphatic carbocycles. The van der Waals surface area contributed by atoms with E-state index in [1.54, 1.807) is 6.07 Å². The first-order chi connectivity index (χ1) is 8.83. The predicted molar refractivity (Wildman–Crippen MR) is 66.0 cm³/mol. The van der Waals surface area contributed by atoms with Crippen molar-refractivity contribution in [1.82, 2.24) is 9.88 Å². The molecule has 0 unspecified atom stereocenters. The largest absolute Gasteiger partial charge is 0.390 e. The Morgan fingerprint density at radius 2 is 2.11 bits per heavy atom. The zero-order valence-electron chi connectivity index (χ0n) is 10.8. The number of anilines is 1. The summed E-state index contributed by atoms with van der Waals surface area (Å²) in [5.41, 5.74) is 0.270. The molecule has 0 aromatic carbocycles. The molecular weight excluding hydrogens is 259 g/mol. The van der Waals surface area contributed by atoms with Gasteiger partial charge in [-0.15, -0.1) is 0 Å². The van der Waals surface area contributed by atoms with Crippen LogP contribution in [0.5, 0.6) is 0 Å². The van der Waals surface area contributed by atoms with Crippen LogP contribution in [0.4, 0.5) is 19.0 Å². The third kappa shape index (κ3) is 5.15. The van der Waals surface area contributed by atoms with E-state index in [4.69, 9.17) is 0 Å². The van der Waals surface area contributed by atoms with Gasteiger partial charge < -0.3 is 10.2 Å². The predicted octanol–water partition coefficient (Wildman–Crippen LogP) is 2.54. The van der Waals surface area contributed by atoms with Gasteiger partial charge in [0.2, 0.25) is 0 Å². The van der Waals surface area contributed by atoms with Crippen molar-refractivity contribution in [2.24, 2.45) is 0 Å². The number of hydrogen-bond donors (Lipinski definition) is 1. The number of amides is 1. The first-order valence-corrected chi connectivity index (χ1v) is 5.85. The number of nitrogens with zero attached hydrogens (tertiary/aromatic N) is 2. The Morgan fingerprint density at radius 1 is 1.42 bits per heavy atom. The molecule has 0 aliphatic heterocycles. The van der Waals surface area contributed by atoms with Crippen molar-refractivity contribution < 1.29 is 18.0 Å². The third-order valence-electron chi connectivity index (χ3n) is 2.45. The first kappa shape index (κ1) is 15.3. The van der Waals surface area contributed by atoms with Crippen LogP contribution in [0.2, 0.25) is 0 Å². The number of carbonyl (C=O) groups excluding carboxylic acids is 1. The molecular formula is C12H16F3N3O. The fourth-order valence-electron chi connectivity index (χ4n) is 1.42. The summed E-state index contributed by atoms with van der Waals surface area (Å²) in [6.45, 7) is 2.24. The Kier molecular flexibility index (Phi) is 5.14. The highest BCUT2D eigenvalue weighted by Crippen LogP contribution is 2.19. The van der Waals surface area contributed by atoms with Gasteiger partial charge >= 0.3 is 6.18 Å². The van der Waals surface area contributed by atoms with E-state index in [1.807, 2.05) is 6.92 Å². The first-order valence-electron chi connectivity index (χ1n) is 5.85. The molecule has 0 spiro atoms. The second-order valence-electron chi connectivity index (χ2n) is 4.05. The summed E-state index contributed by atoms with van der Waals surface area (Å²) in [5.74, 6) is 0.150. The quantitative estimate of drug-likeness (QED) is 0.898. The van der Waals surface area contributed by atoms with Crippen LogP contribution >= 0.6 is 0 Å². The van der Waals surface area contributed by atoms with Crippen molar-refractivity contribution >= 4 is 11.7 Å². The highest BCUT2D eigenvalue weighted by atomic mass is 19.4. The maximum Gasteiger partial charge on any atom is 0.390 e. The maximum atomic E-state index is 12.1. The number of hydrogen-bond acceptors (Lipinski definition) is 3. The van der Waals surface area contributed by atoms with E-state index in [1.165, 1.54) is 19.3 Å². The topological polar surface area (TPSA) is 45.2 Å². The van der Waals surface area contributed by atoms with Crippen molar-refractivity contribution in [3.05, 3.63) is 23.9 Å². The fourth-order valence-corrected chi connectivity index (χ4v) is 1.42. The molecule has 1 rings (SSSR count). The smallest absolute Gasteiger partial charge is 0.370 e. The fraction of sp³-hybridized carbons (Fsp3) is 0.500. The molecule has 0 bridgehead atoms. The van der Waals surface area contributed by atoms with Gasteiger partial charge in [-0.05, 0) is 19.1 Å². The molecule has 1 N–H and O–H groups in total. The molecule has 0 radical (unpaired) electrons. The van der Waals surface area contributed by atoms with Gasteiger partial charge in [0.25, 0.3) is 5.91 Å². The summed E-state index contributed by atoms with van der Waals surface area (Å²) in [7, 11) is 1.34. The average Bonchev–Trinajstić information content (AvgIpc) is 2.35. The Balaban J connectivity index is 2.61. The summed E-state index contributed by atoms with van der Waals surface area (Å²) in [6.07, 6.45) is -3.93. The van der Waals surface area contributed by atoms with E-state index in [0.29, 0.717) is 12.4 Å². The van der Waals surface area contributed by atoms with E-state index >= 15 is 0 Å². The molecule has 19 heavy (non-hydrogen) atoms. The standard InChI is InChI=1S/C12H16F3N3O/c1-3-16-10-5-4-9(8-17-10)11(19)18(2)7-6-12(13,14)15/h4-5,8H,3,6-7H2,1-2H3,(H,16,17). The lowest BCUT2D eigenvalue weighted by Gasteiger charge is -2.18. The van der Waals surface area contributed by atoms with Gasteiger partial charge in [0, 0.05) is 26.3 Å². The molecule has 0 saturated carbocycles. The molecule has 1 amide bonds. The number of carbonyl (C=O) groups is 1. The second-order valence-corrected chi connectivity index (χ2v) is 4.05. The zero-order valence-corrected chi connectivity index (χ0v) is 10.8. The van der Waals surface area contributed by atoms with Crippen molar-refractivity contribution in [1.29, 1.82) is 0 Å². The van der Waals surface area contributed by atoms with E-state index in [0.717, 1.165) is 4.90 Å². The molecule has 0 saturated heterocycles. The lowest BCUT2D eigenvalue weighted by atomic mass is 10.2. The van der Waals surface area contributed by atoms with Gasteiger partial charge in [-0.2, -0.15) is 13.2 Å². The monoisotopic (exact) mass is 275 g/mol. The Morgan fingerprint density at radius 3 is 2.58 bits per heavy atom. The van der Waals surface area contributed by atoms with Crippen molar-refractivity contribution in [3.63, 3.8) is 0 Å². The number of rotatable bonds is 5. The van der Waals surface area contributed by atoms with Crippen LogP contribution in [0.25, 0.3) is 0 Å². The number of aromatic nitrogens is 1. The van der Waals surface area contributed by atoms with Crippen LogP contribution in [-0.4, -0.2) is 42.1 Å². The highest BCUT2D eigenvalue weighted by molar-refractivity contribution is 5.93. The number of alkyl halides is 3. The summed E-state index contributed by atoms with van der Waals surface area (Å²) in [4.78, 5) is 16.9. The second kappa shape index (κ2) is 6.40. The van der Waals surface area contributed by atoms with Crippen LogP contribution in [0.3, 0.4) is 0 Å². The summed E-state index contributed by atoms with van der Waals surface area (Å²) in [6, 6.07) is 3.16. The SMILES string of the molecule is CCNc1ccc(C(=O)N(C)CCC(F)(F)F)cn1. The Hall–Kier alpha value is -1.79. The van der Waals surface area contributed by atoms with Gasteiger partial charge in [0.05, 0.1) is 12.0 Å². The average molecular weight is 275 g/mol. The van der Waals surface area contributed by atoms with Gasteiger partial charge in [-0.3, -0.25) is 4.79 Å². The molecule has 1 heterocycles. The molecule has 1 aromatic rings. The van der Waals surface area contributed by atoms with Gasteiger partial charge in [-0.25, -0.2) is 4.98 Å². The minimum Gasteiger partial charge on any atom is -0.370 e. The molecule has 4 nitrogen and oxygen atoms in total. The van der Waals surface area contributed by atoms with Crippen molar-refractivity contribution in [2.45, 2.75) is 19.5 Å². The minimum absolute atomic E-state index is 0.270. The van der Waals surface area contributed by atoms with Gasteiger partial charge in [0.1, 0.15) is 5.82 Å². The summed E-state index contributed by atoms with van der Waals surface area (Å²) < 4.78 is 36.2.